The van der Waals surface area contributed by atoms with Crippen molar-refractivity contribution in [1.82, 2.24) is 0 Å². The molecular weight excluding hydrogens is 566 g/mol. The van der Waals surface area contributed by atoms with E-state index in [-0.39, 0.29) is 28.1 Å². The Morgan fingerprint density at radius 1 is 0.947 bits per heavy atom. The molecule has 0 fully saturated rings. The van der Waals surface area contributed by atoms with Gasteiger partial charge in [0.05, 0.1) is 23.9 Å². The fourth-order valence-electron chi connectivity index (χ4n) is 4.40. The summed E-state index contributed by atoms with van der Waals surface area (Å²) in [4.78, 5) is 19.7. The SMILES string of the molecule is CCCCCCCCCCCC(Br)C(C)ON(C(=O)CC1=NS(=O)(=O)c2ccccc2N1)c1ccccc1. The lowest BCUT2D eigenvalue weighted by Crippen LogP contribution is -2.39. The fourth-order valence-corrected chi connectivity index (χ4v) is 5.97. The smallest absolute Gasteiger partial charge is 0.286 e. The molecule has 0 bridgehead atoms. The second-order valence-electron chi connectivity index (χ2n) is 9.78. The Kier molecular flexibility index (Phi) is 12.3. The minimum atomic E-state index is -3.88. The van der Waals surface area contributed by atoms with E-state index in [0.29, 0.717) is 11.4 Å². The summed E-state index contributed by atoms with van der Waals surface area (Å²) in [6.45, 7) is 4.18. The summed E-state index contributed by atoms with van der Waals surface area (Å²) in [5.41, 5.74) is 0.985. The quantitative estimate of drug-likeness (QED) is 0.121. The van der Waals surface area contributed by atoms with Crippen LogP contribution in [0.25, 0.3) is 0 Å². The molecule has 1 N–H and O–H groups in total. The van der Waals surface area contributed by atoms with E-state index in [2.05, 4.69) is 32.6 Å². The number of nitrogens with zero attached hydrogens (tertiary/aromatic N) is 2. The van der Waals surface area contributed by atoms with Gasteiger partial charge in [-0.15, -0.1) is 4.40 Å². The number of benzene rings is 2. The van der Waals surface area contributed by atoms with Gasteiger partial charge >= 0.3 is 0 Å². The number of hydroxylamine groups is 1. The Labute approximate surface area is 236 Å². The third kappa shape index (κ3) is 9.20. The molecule has 1 amide bonds. The number of amides is 1. The first kappa shape index (κ1) is 30.3. The van der Waals surface area contributed by atoms with Gasteiger partial charge in [-0.05, 0) is 37.6 Å². The Bertz CT molecular complexity index is 1160. The lowest BCUT2D eigenvalue weighted by atomic mass is 10.0. The van der Waals surface area contributed by atoms with Gasteiger partial charge in [-0.3, -0.25) is 9.63 Å². The molecule has 1 aliphatic heterocycles. The summed E-state index contributed by atoms with van der Waals surface area (Å²) in [7, 11) is -3.88. The van der Waals surface area contributed by atoms with Crippen LogP contribution in [0.5, 0.6) is 0 Å². The first-order valence-electron chi connectivity index (χ1n) is 13.7. The van der Waals surface area contributed by atoms with Gasteiger partial charge in [-0.1, -0.05) is 111 Å². The molecule has 208 valence electrons. The predicted molar refractivity (Wildman–Crippen MR) is 158 cm³/mol. The predicted octanol–water partition coefficient (Wildman–Crippen LogP) is 7.63. The van der Waals surface area contributed by atoms with Crippen LogP contribution < -0.4 is 10.4 Å². The van der Waals surface area contributed by atoms with Gasteiger partial charge in [0.2, 0.25) is 0 Å². The maximum atomic E-state index is 13.4. The first-order chi connectivity index (χ1) is 18.3. The third-order valence-corrected chi connectivity index (χ3v) is 9.15. The Balaban J connectivity index is 1.56. The number of halogens is 1. The summed E-state index contributed by atoms with van der Waals surface area (Å²) >= 11 is 3.76. The second-order valence-corrected chi connectivity index (χ2v) is 12.5. The van der Waals surface area contributed by atoms with E-state index < -0.39 is 15.9 Å². The third-order valence-electron chi connectivity index (χ3n) is 6.57. The summed E-state index contributed by atoms with van der Waals surface area (Å²) in [5, 5.41) is 4.24. The molecule has 0 aliphatic carbocycles. The number of sulfonamides is 1. The summed E-state index contributed by atoms with van der Waals surface area (Å²) in [6, 6.07) is 15.6. The normalized spacial score (nSPS) is 15.6. The zero-order valence-electron chi connectivity index (χ0n) is 22.4. The van der Waals surface area contributed by atoms with Crippen molar-refractivity contribution in [3.8, 4) is 0 Å². The molecule has 3 rings (SSSR count). The van der Waals surface area contributed by atoms with Crippen molar-refractivity contribution in [1.29, 1.82) is 0 Å². The van der Waals surface area contributed by atoms with Crippen LogP contribution in [-0.2, 0) is 19.7 Å². The van der Waals surface area contributed by atoms with Crippen molar-refractivity contribution in [2.75, 3.05) is 10.4 Å². The van der Waals surface area contributed by atoms with Gasteiger partial charge in [-0.2, -0.15) is 13.5 Å². The van der Waals surface area contributed by atoms with Gasteiger partial charge in [0.25, 0.3) is 15.9 Å². The average Bonchev–Trinajstić information content (AvgIpc) is 2.90. The van der Waals surface area contributed by atoms with Crippen LogP contribution in [-0.4, -0.2) is 31.1 Å². The van der Waals surface area contributed by atoms with Gasteiger partial charge in [0.15, 0.2) is 0 Å². The number of unbranched alkanes of at least 4 members (excludes halogenated alkanes) is 8. The Morgan fingerprint density at radius 2 is 1.55 bits per heavy atom. The van der Waals surface area contributed by atoms with Gasteiger partial charge in [0, 0.05) is 4.83 Å². The highest BCUT2D eigenvalue weighted by atomic mass is 79.9. The van der Waals surface area contributed by atoms with E-state index in [9.17, 15) is 13.2 Å². The maximum Gasteiger partial charge on any atom is 0.286 e. The molecule has 0 saturated heterocycles. The van der Waals surface area contributed by atoms with Crippen LogP contribution in [0.15, 0.2) is 63.9 Å². The van der Waals surface area contributed by atoms with Crippen molar-refractivity contribution in [2.45, 2.75) is 100 Å². The molecule has 0 spiro atoms. The van der Waals surface area contributed by atoms with Gasteiger partial charge < -0.3 is 5.32 Å². The average molecular weight is 607 g/mol. The minimum Gasteiger partial charge on any atom is -0.341 e. The lowest BCUT2D eigenvalue weighted by molar-refractivity contribution is -0.127. The van der Waals surface area contributed by atoms with Crippen molar-refractivity contribution >= 4 is 49.1 Å². The van der Waals surface area contributed by atoms with Crippen molar-refractivity contribution < 1.29 is 18.0 Å². The molecule has 9 heteroatoms. The molecule has 2 aromatic carbocycles. The molecule has 1 aliphatic rings. The highest BCUT2D eigenvalue weighted by Crippen LogP contribution is 2.28. The molecule has 2 unspecified atom stereocenters. The molecule has 0 aromatic heterocycles. The zero-order valence-corrected chi connectivity index (χ0v) is 24.8. The van der Waals surface area contributed by atoms with Gasteiger partial charge in [0.1, 0.15) is 10.7 Å². The molecule has 7 nitrogen and oxygen atoms in total. The van der Waals surface area contributed by atoms with E-state index >= 15 is 0 Å². The van der Waals surface area contributed by atoms with Crippen molar-refractivity contribution in [3.63, 3.8) is 0 Å². The number of hydrogen-bond donors (Lipinski definition) is 1. The highest BCUT2D eigenvalue weighted by molar-refractivity contribution is 9.09. The monoisotopic (exact) mass is 605 g/mol. The highest BCUT2D eigenvalue weighted by Gasteiger charge is 2.29. The largest absolute Gasteiger partial charge is 0.341 e. The van der Waals surface area contributed by atoms with Crippen LogP contribution in [0, 0.1) is 0 Å². The van der Waals surface area contributed by atoms with E-state index in [1.54, 1.807) is 30.3 Å². The maximum absolute atomic E-state index is 13.4. The number of carbonyl (C=O) groups is 1. The summed E-state index contributed by atoms with van der Waals surface area (Å²) in [6.07, 6.45) is 11.8. The van der Waals surface area contributed by atoms with Crippen LogP contribution in [0.3, 0.4) is 0 Å². The zero-order chi connectivity index (χ0) is 27.4. The summed E-state index contributed by atoms with van der Waals surface area (Å²) < 4.78 is 29.1. The Morgan fingerprint density at radius 3 is 2.24 bits per heavy atom. The van der Waals surface area contributed by atoms with Crippen LogP contribution in [0.4, 0.5) is 11.4 Å². The van der Waals surface area contributed by atoms with Crippen molar-refractivity contribution in [3.05, 3.63) is 54.6 Å². The number of carbonyl (C=O) groups excluding carboxylic acids is 1. The van der Waals surface area contributed by atoms with Crippen molar-refractivity contribution in [2.24, 2.45) is 4.40 Å². The van der Waals surface area contributed by atoms with E-state index in [1.165, 1.54) is 62.5 Å². The molecule has 38 heavy (non-hydrogen) atoms. The van der Waals surface area contributed by atoms with Crippen LogP contribution >= 0.6 is 15.9 Å². The molecule has 2 aromatic rings. The van der Waals surface area contributed by atoms with Crippen LogP contribution in [0.1, 0.15) is 84.5 Å². The number of fused-ring (bicyclic) bond motifs is 1. The standard InChI is InChI=1S/C29H40BrN3O4S/c1-3-4-5-6-7-8-9-10-14-19-25(30)23(2)37-33(24-17-12-11-13-18-24)29(34)22-28-31-26-20-15-16-21-27(26)38(35,36)32-28/h11-13,15-18,20-21,23,25H,3-10,14,19,22H2,1-2H3,(H,31,32). The minimum absolute atomic E-state index is 0.0657. The number of anilines is 2. The van der Waals surface area contributed by atoms with E-state index in [4.69, 9.17) is 4.84 Å². The van der Waals surface area contributed by atoms with Gasteiger partial charge in [-0.25, -0.2) is 0 Å². The Hall–Kier alpha value is -2.23. The molecule has 1 heterocycles. The number of nitrogens with one attached hydrogen (secondary N) is 1. The number of hydrogen-bond acceptors (Lipinski definition) is 5. The topological polar surface area (TPSA) is 88.1 Å². The number of para-hydroxylation sites is 2. The van der Waals surface area contributed by atoms with E-state index in [0.717, 1.165) is 12.8 Å². The molecular formula is C29H40BrN3O4S. The number of amidine groups is 1. The molecule has 0 radical (unpaired) electrons. The molecule has 0 saturated carbocycles. The lowest BCUT2D eigenvalue weighted by Gasteiger charge is -2.28. The van der Waals surface area contributed by atoms with E-state index in [1.807, 2.05) is 25.1 Å². The van der Waals surface area contributed by atoms with Crippen LogP contribution in [0.2, 0.25) is 0 Å². The summed E-state index contributed by atoms with van der Waals surface area (Å²) in [5.74, 6) is -0.345. The number of rotatable bonds is 16. The fraction of sp³-hybridized carbons (Fsp3) is 0.517. The number of alkyl halides is 1. The molecule has 2 atom stereocenters. The second kappa shape index (κ2) is 15.4. The first-order valence-corrected chi connectivity index (χ1v) is 16.1.